The third kappa shape index (κ3) is 6.25. The number of benzene rings is 1. The fraction of sp³-hybridized carbons (Fsp3) is 0.562. The SMILES string of the molecule is CC(NCC(O)COCc1ccccc1)C(=O)NC1CC1. The maximum Gasteiger partial charge on any atom is 0.237 e. The van der Waals surface area contributed by atoms with E-state index >= 15 is 0 Å². The van der Waals surface area contributed by atoms with Gasteiger partial charge in [0.1, 0.15) is 0 Å². The number of hydrogen-bond donors (Lipinski definition) is 3. The monoisotopic (exact) mass is 292 g/mol. The van der Waals surface area contributed by atoms with Gasteiger partial charge in [-0.2, -0.15) is 0 Å². The molecule has 2 unspecified atom stereocenters. The zero-order chi connectivity index (χ0) is 15.1. The first-order valence-corrected chi connectivity index (χ1v) is 7.48. The quantitative estimate of drug-likeness (QED) is 0.630. The molecule has 1 aromatic carbocycles. The van der Waals surface area contributed by atoms with E-state index in [-0.39, 0.29) is 18.6 Å². The molecule has 5 heteroatoms. The summed E-state index contributed by atoms with van der Waals surface area (Å²) in [7, 11) is 0. The predicted octanol–water partition coefficient (Wildman–Crippen LogP) is 0.821. The van der Waals surface area contributed by atoms with Crippen molar-refractivity contribution in [3.05, 3.63) is 35.9 Å². The average molecular weight is 292 g/mol. The third-order valence-corrected chi connectivity index (χ3v) is 3.40. The van der Waals surface area contributed by atoms with Crippen molar-refractivity contribution in [2.24, 2.45) is 0 Å². The molecule has 116 valence electrons. The highest BCUT2D eigenvalue weighted by molar-refractivity contribution is 5.81. The molecule has 0 heterocycles. The van der Waals surface area contributed by atoms with Gasteiger partial charge in [-0.3, -0.25) is 4.79 Å². The summed E-state index contributed by atoms with van der Waals surface area (Å²) in [5, 5.41) is 15.8. The maximum atomic E-state index is 11.7. The molecule has 0 spiro atoms. The Bertz CT molecular complexity index is 434. The number of carbonyl (C=O) groups excluding carboxylic acids is 1. The Morgan fingerprint density at radius 3 is 2.76 bits per heavy atom. The molecule has 2 atom stereocenters. The molecule has 1 aliphatic carbocycles. The lowest BCUT2D eigenvalue weighted by Gasteiger charge is -2.17. The molecule has 1 aromatic rings. The van der Waals surface area contributed by atoms with Crippen LogP contribution in [0.2, 0.25) is 0 Å². The lowest BCUT2D eigenvalue weighted by molar-refractivity contribution is -0.123. The van der Waals surface area contributed by atoms with Crippen LogP contribution >= 0.6 is 0 Å². The van der Waals surface area contributed by atoms with E-state index in [1.165, 1.54) is 0 Å². The minimum atomic E-state index is -0.620. The van der Waals surface area contributed by atoms with Crippen molar-refractivity contribution in [2.45, 2.75) is 44.6 Å². The first-order chi connectivity index (χ1) is 10.1. The van der Waals surface area contributed by atoms with Gasteiger partial charge in [-0.05, 0) is 25.3 Å². The van der Waals surface area contributed by atoms with E-state index < -0.39 is 6.10 Å². The van der Waals surface area contributed by atoms with E-state index in [4.69, 9.17) is 4.74 Å². The second kappa shape index (κ2) is 8.12. The summed E-state index contributed by atoms with van der Waals surface area (Å²) in [6.07, 6.45) is 1.54. The van der Waals surface area contributed by atoms with Gasteiger partial charge in [-0.1, -0.05) is 30.3 Å². The highest BCUT2D eigenvalue weighted by atomic mass is 16.5. The van der Waals surface area contributed by atoms with Gasteiger partial charge in [0, 0.05) is 12.6 Å². The second-order valence-corrected chi connectivity index (χ2v) is 5.57. The number of carbonyl (C=O) groups is 1. The Morgan fingerprint density at radius 1 is 1.38 bits per heavy atom. The number of nitrogens with one attached hydrogen (secondary N) is 2. The van der Waals surface area contributed by atoms with Gasteiger partial charge in [0.15, 0.2) is 0 Å². The molecule has 0 bridgehead atoms. The molecule has 0 aliphatic heterocycles. The lowest BCUT2D eigenvalue weighted by Crippen LogP contribution is -2.46. The molecular formula is C16H24N2O3. The van der Waals surface area contributed by atoms with Crippen LogP contribution in [0, 0.1) is 0 Å². The topological polar surface area (TPSA) is 70.6 Å². The van der Waals surface area contributed by atoms with E-state index in [1.54, 1.807) is 6.92 Å². The van der Waals surface area contributed by atoms with Gasteiger partial charge in [0.25, 0.3) is 0 Å². The summed E-state index contributed by atoms with van der Waals surface area (Å²) < 4.78 is 5.46. The van der Waals surface area contributed by atoms with Crippen LogP contribution < -0.4 is 10.6 Å². The summed E-state index contributed by atoms with van der Waals surface area (Å²) in [6, 6.07) is 9.89. The molecule has 1 aliphatic rings. The van der Waals surface area contributed by atoms with Gasteiger partial charge in [0.2, 0.25) is 5.91 Å². The van der Waals surface area contributed by atoms with Crippen LogP contribution in [0.15, 0.2) is 30.3 Å². The summed E-state index contributed by atoms with van der Waals surface area (Å²) in [5.74, 6) is -0.00472. The summed E-state index contributed by atoms with van der Waals surface area (Å²) in [5.41, 5.74) is 1.08. The van der Waals surface area contributed by atoms with Crippen molar-refractivity contribution in [2.75, 3.05) is 13.2 Å². The van der Waals surface area contributed by atoms with E-state index in [0.717, 1.165) is 18.4 Å². The number of aliphatic hydroxyl groups is 1. The van der Waals surface area contributed by atoms with Crippen LogP contribution in [0.3, 0.4) is 0 Å². The van der Waals surface area contributed by atoms with E-state index in [9.17, 15) is 9.90 Å². The molecule has 1 amide bonds. The standard InChI is InChI=1S/C16H24N2O3/c1-12(16(20)18-14-7-8-14)17-9-15(19)11-21-10-13-5-3-2-4-6-13/h2-6,12,14-15,17,19H,7-11H2,1H3,(H,18,20). The molecule has 3 N–H and O–H groups in total. The molecule has 0 radical (unpaired) electrons. The van der Waals surface area contributed by atoms with Crippen LogP contribution in [0.25, 0.3) is 0 Å². The summed E-state index contributed by atoms with van der Waals surface area (Å²) >= 11 is 0. The molecule has 1 fully saturated rings. The maximum absolute atomic E-state index is 11.7. The van der Waals surface area contributed by atoms with Crippen molar-refractivity contribution in [3.8, 4) is 0 Å². The van der Waals surface area contributed by atoms with Gasteiger partial charge in [-0.25, -0.2) is 0 Å². The van der Waals surface area contributed by atoms with Gasteiger partial charge >= 0.3 is 0 Å². The summed E-state index contributed by atoms with van der Waals surface area (Å²) in [4.78, 5) is 11.7. The Labute approximate surface area is 125 Å². The fourth-order valence-corrected chi connectivity index (χ4v) is 1.91. The van der Waals surface area contributed by atoms with Gasteiger partial charge in [-0.15, -0.1) is 0 Å². The fourth-order valence-electron chi connectivity index (χ4n) is 1.91. The van der Waals surface area contributed by atoms with E-state index in [2.05, 4.69) is 10.6 Å². The molecule has 2 rings (SSSR count). The first kappa shape index (κ1) is 15.9. The van der Waals surface area contributed by atoms with E-state index in [0.29, 0.717) is 19.2 Å². The number of amides is 1. The lowest BCUT2D eigenvalue weighted by atomic mass is 10.2. The van der Waals surface area contributed by atoms with Crippen molar-refractivity contribution in [3.63, 3.8) is 0 Å². The van der Waals surface area contributed by atoms with Crippen LogP contribution in [-0.2, 0) is 16.1 Å². The largest absolute Gasteiger partial charge is 0.389 e. The van der Waals surface area contributed by atoms with Crippen molar-refractivity contribution < 1.29 is 14.6 Å². The predicted molar refractivity (Wildman–Crippen MR) is 80.7 cm³/mol. The molecular weight excluding hydrogens is 268 g/mol. The van der Waals surface area contributed by atoms with Crippen molar-refractivity contribution in [1.29, 1.82) is 0 Å². The normalized spacial score (nSPS) is 17.2. The molecule has 0 aromatic heterocycles. The van der Waals surface area contributed by atoms with Gasteiger partial charge < -0.3 is 20.5 Å². The molecule has 0 saturated heterocycles. The Morgan fingerprint density at radius 2 is 2.10 bits per heavy atom. The van der Waals surface area contributed by atoms with Crippen LogP contribution in [0.4, 0.5) is 0 Å². The Kier molecular flexibility index (Phi) is 6.17. The second-order valence-electron chi connectivity index (χ2n) is 5.57. The number of rotatable bonds is 9. The van der Waals surface area contributed by atoms with E-state index in [1.807, 2.05) is 30.3 Å². The minimum absolute atomic E-state index is 0.00472. The smallest absolute Gasteiger partial charge is 0.237 e. The molecule has 21 heavy (non-hydrogen) atoms. The van der Waals surface area contributed by atoms with Crippen LogP contribution in [0.1, 0.15) is 25.3 Å². The highest BCUT2D eigenvalue weighted by Gasteiger charge is 2.25. The highest BCUT2D eigenvalue weighted by Crippen LogP contribution is 2.18. The number of ether oxygens (including phenoxy) is 1. The average Bonchev–Trinajstić information content (AvgIpc) is 3.29. The Balaban J connectivity index is 1.56. The number of hydrogen-bond acceptors (Lipinski definition) is 4. The summed E-state index contributed by atoms with van der Waals surface area (Å²) in [6.45, 7) is 2.87. The molecule has 1 saturated carbocycles. The zero-order valence-electron chi connectivity index (χ0n) is 12.4. The first-order valence-electron chi connectivity index (χ1n) is 7.48. The zero-order valence-corrected chi connectivity index (χ0v) is 12.4. The van der Waals surface area contributed by atoms with Crippen LogP contribution in [0.5, 0.6) is 0 Å². The third-order valence-electron chi connectivity index (χ3n) is 3.40. The van der Waals surface area contributed by atoms with Crippen LogP contribution in [-0.4, -0.2) is 42.4 Å². The van der Waals surface area contributed by atoms with Gasteiger partial charge in [0.05, 0.1) is 25.4 Å². The Hall–Kier alpha value is -1.43. The van der Waals surface area contributed by atoms with Crippen molar-refractivity contribution >= 4 is 5.91 Å². The minimum Gasteiger partial charge on any atom is -0.389 e. The number of aliphatic hydroxyl groups excluding tert-OH is 1. The van der Waals surface area contributed by atoms with Crippen molar-refractivity contribution in [1.82, 2.24) is 10.6 Å². The molecule has 5 nitrogen and oxygen atoms in total.